The number of nitrogens with zero attached hydrogens (tertiary/aromatic N) is 4. The summed E-state index contributed by atoms with van der Waals surface area (Å²) < 4.78 is 68.0. The van der Waals surface area contributed by atoms with E-state index < -0.39 is 62.4 Å². The number of nitrogen functional groups attached to an aromatic ring is 1. The van der Waals surface area contributed by atoms with Crippen molar-refractivity contribution in [3.8, 4) is 0 Å². The second kappa shape index (κ2) is 9.92. The molecule has 0 bridgehead atoms. The van der Waals surface area contributed by atoms with E-state index in [1.807, 2.05) is 0 Å². The van der Waals surface area contributed by atoms with Crippen molar-refractivity contribution in [1.82, 2.24) is 19.5 Å². The Morgan fingerprint density at radius 2 is 1.63 bits per heavy atom. The molecule has 6 atom stereocenters. The van der Waals surface area contributed by atoms with Gasteiger partial charge in [-0.25, -0.2) is 33.2 Å². The molecule has 4 unspecified atom stereocenters. The lowest BCUT2D eigenvalue weighted by Gasteiger charge is -2.22. The summed E-state index contributed by atoms with van der Waals surface area (Å²) in [5, 5.41) is 10.5. The van der Waals surface area contributed by atoms with Gasteiger partial charge < -0.3 is 44.9 Å². The number of ether oxygens (including phenoxy) is 1. The van der Waals surface area contributed by atoms with E-state index in [4.69, 9.17) is 20.3 Å². The van der Waals surface area contributed by atoms with Crippen LogP contribution in [0.2, 0.25) is 0 Å². The Kier molecular flexibility index (Phi) is 8.04. The van der Waals surface area contributed by atoms with Crippen LogP contribution in [0.15, 0.2) is 12.7 Å². The molecule has 0 amide bonds. The normalized spacial score (nSPS) is 27.1. The van der Waals surface area contributed by atoms with E-state index in [2.05, 4.69) is 32.6 Å². The predicted octanol–water partition coefficient (Wildman–Crippen LogP) is -1.51. The molecule has 0 aliphatic carbocycles. The number of phosphoric ester groups is 2. The number of hydrogen-bond donors (Lipinski definition) is 8. The van der Waals surface area contributed by atoms with Crippen LogP contribution in [0.4, 0.5) is 5.82 Å². The summed E-state index contributed by atoms with van der Waals surface area (Å²) in [7, 11) is -22.3. The summed E-state index contributed by atoms with van der Waals surface area (Å²) in [6.07, 6.45) is -4.99. The molecule has 0 aromatic carbocycles. The predicted molar refractivity (Wildman–Crippen MR) is 106 cm³/mol. The highest BCUT2D eigenvalue weighted by atomic mass is 31.3. The van der Waals surface area contributed by atoms with Crippen LogP contribution in [0.5, 0.6) is 0 Å². The van der Waals surface area contributed by atoms with E-state index in [-0.39, 0.29) is 17.0 Å². The minimum Gasteiger partial charge on any atom is -0.387 e. The van der Waals surface area contributed by atoms with Crippen LogP contribution in [-0.4, -0.2) is 78.9 Å². The maximum absolute atomic E-state index is 11.9. The fraction of sp³-hybridized carbons (Fsp3) is 0.500. The number of hydrogen-bond acceptors (Lipinski definition) is 14. The quantitative estimate of drug-likeness (QED) is 0.146. The van der Waals surface area contributed by atoms with Crippen molar-refractivity contribution in [1.29, 1.82) is 0 Å². The first-order valence-electron chi connectivity index (χ1n) is 8.66. The van der Waals surface area contributed by atoms with Gasteiger partial charge in [-0.3, -0.25) is 13.6 Å². The van der Waals surface area contributed by atoms with Gasteiger partial charge in [-0.2, -0.15) is 8.62 Å². The highest BCUT2D eigenvalue weighted by Crippen LogP contribution is 2.66. The fourth-order valence-electron chi connectivity index (χ4n) is 2.88. The summed E-state index contributed by atoms with van der Waals surface area (Å²) in [5.41, 5.74) is 5.72. The second-order valence-electron chi connectivity index (χ2n) is 6.59. The zero-order valence-electron chi connectivity index (χ0n) is 16.6. The summed E-state index contributed by atoms with van der Waals surface area (Å²) in [5.74, 6) is -0.0658. The van der Waals surface area contributed by atoms with Crippen molar-refractivity contribution >= 4 is 48.3 Å². The van der Waals surface area contributed by atoms with Gasteiger partial charge in [0.15, 0.2) is 17.7 Å². The standard InChI is InChI=1S/C10H17N5O16P4/c11-8-5-9(13-2-12-8)15(3-14-5)10-7(29-32(17,18)19)6(16)4(28-10)1-27-34(23,24)31-35(25,26)30-33(20,21)22/h2-4,6-7,10,16H,1H2,(H,23,24)(H,25,26)(H2,11,12,13)(H2,17,18,19)(H2,20,21,22)/t4-,6?,7?,10-/m1/s1. The number of aliphatic hydroxyl groups excluding tert-OH is 1. The molecule has 1 fully saturated rings. The molecule has 198 valence electrons. The lowest BCUT2D eigenvalue weighted by molar-refractivity contribution is -0.0497. The van der Waals surface area contributed by atoms with E-state index in [9.17, 15) is 42.9 Å². The van der Waals surface area contributed by atoms with Crippen LogP contribution >= 0.6 is 31.3 Å². The molecule has 3 heterocycles. The van der Waals surface area contributed by atoms with Crippen LogP contribution in [0.3, 0.4) is 0 Å². The fourth-order valence-corrected chi connectivity index (χ4v) is 6.45. The van der Waals surface area contributed by atoms with Crippen LogP contribution in [-0.2, 0) is 40.7 Å². The highest BCUT2D eigenvalue weighted by molar-refractivity contribution is 7.66. The third-order valence-corrected chi connectivity index (χ3v) is 8.37. The molecular formula is C10H17N5O16P4. The average Bonchev–Trinajstić information content (AvgIpc) is 3.19. The molecular weight excluding hydrogens is 570 g/mol. The number of fused-ring (bicyclic) bond motifs is 1. The maximum Gasteiger partial charge on any atom is 0.490 e. The average molecular weight is 587 g/mol. The topological polar surface area (TPSA) is 326 Å². The molecule has 2 aromatic rings. The molecule has 35 heavy (non-hydrogen) atoms. The molecule has 2 aromatic heterocycles. The van der Waals surface area contributed by atoms with Gasteiger partial charge >= 0.3 is 31.3 Å². The Morgan fingerprint density at radius 1 is 0.971 bits per heavy atom. The minimum absolute atomic E-state index is 0.0115. The van der Waals surface area contributed by atoms with E-state index in [0.29, 0.717) is 0 Å². The third kappa shape index (κ3) is 7.41. The molecule has 25 heteroatoms. The number of imidazole rings is 1. The zero-order valence-corrected chi connectivity index (χ0v) is 20.2. The summed E-state index contributed by atoms with van der Waals surface area (Å²) in [6.45, 7) is -1.13. The van der Waals surface area contributed by atoms with E-state index in [1.165, 1.54) is 0 Å². The highest BCUT2D eigenvalue weighted by Gasteiger charge is 2.50. The summed E-state index contributed by atoms with van der Waals surface area (Å²) >= 11 is 0. The maximum atomic E-state index is 11.9. The Hall–Kier alpha value is -1.21. The van der Waals surface area contributed by atoms with Crippen molar-refractivity contribution in [2.24, 2.45) is 0 Å². The van der Waals surface area contributed by atoms with Gasteiger partial charge in [-0.1, -0.05) is 0 Å². The SMILES string of the molecule is Nc1ncnc2c1ncn2[C@@H]1O[C@H](COP(=O)(O)OP(=O)(O)OP(=O)(O)O)C(O)C1OP(=O)(O)O. The lowest BCUT2D eigenvalue weighted by Crippen LogP contribution is -2.35. The van der Waals surface area contributed by atoms with Gasteiger partial charge in [0.05, 0.1) is 12.9 Å². The van der Waals surface area contributed by atoms with Crippen molar-refractivity contribution in [2.45, 2.75) is 24.5 Å². The molecule has 1 aliphatic rings. The number of aliphatic hydroxyl groups is 1. The Bertz CT molecular complexity index is 1270. The lowest BCUT2D eigenvalue weighted by atomic mass is 10.1. The van der Waals surface area contributed by atoms with Gasteiger partial charge in [0.1, 0.15) is 30.2 Å². The van der Waals surface area contributed by atoms with Gasteiger partial charge in [0.25, 0.3) is 0 Å². The first-order chi connectivity index (χ1) is 15.9. The molecule has 0 radical (unpaired) electrons. The van der Waals surface area contributed by atoms with Crippen LogP contribution in [0.25, 0.3) is 11.2 Å². The van der Waals surface area contributed by atoms with Crippen LogP contribution in [0, 0.1) is 0 Å². The van der Waals surface area contributed by atoms with Crippen molar-refractivity contribution < 1.29 is 75.1 Å². The second-order valence-corrected chi connectivity index (χ2v) is 12.2. The Morgan fingerprint density at radius 3 is 2.23 bits per heavy atom. The van der Waals surface area contributed by atoms with Gasteiger partial charge in [-0.15, -0.1) is 0 Å². The van der Waals surface area contributed by atoms with Gasteiger partial charge in [0, 0.05) is 0 Å². The molecule has 21 nitrogen and oxygen atoms in total. The Balaban J connectivity index is 1.81. The van der Waals surface area contributed by atoms with E-state index in [1.54, 1.807) is 0 Å². The first kappa shape index (κ1) is 28.4. The van der Waals surface area contributed by atoms with Gasteiger partial charge in [0.2, 0.25) is 0 Å². The van der Waals surface area contributed by atoms with Crippen LogP contribution < -0.4 is 5.73 Å². The number of aromatic nitrogens is 4. The van der Waals surface area contributed by atoms with Crippen molar-refractivity contribution in [3.63, 3.8) is 0 Å². The Labute approximate surface area is 193 Å². The molecule has 0 spiro atoms. The number of anilines is 1. The number of nitrogens with two attached hydrogens (primary N) is 1. The first-order valence-corrected chi connectivity index (χ1v) is 14.7. The van der Waals surface area contributed by atoms with Gasteiger partial charge in [-0.05, 0) is 0 Å². The minimum atomic E-state index is -5.81. The smallest absolute Gasteiger partial charge is 0.387 e. The van der Waals surface area contributed by atoms with Crippen molar-refractivity contribution in [3.05, 3.63) is 12.7 Å². The van der Waals surface area contributed by atoms with E-state index in [0.717, 1.165) is 17.2 Å². The molecule has 1 saturated heterocycles. The molecule has 9 N–H and O–H groups in total. The zero-order chi connectivity index (χ0) is 26.4. The third-order valence-electron chi connectivity index (χ3n) is 4.05. The van der Waals surface area contributed by atoms with Crippen molar-refractivity contribution in [2.75, 3.05) is 12.3 Å². The molecule has 0 saturated carbocycles. The van der Waals surface area contributed by atoms with Crippen LogP contribution in [0.1, 0.15) is 6.23 Å². The number of phosphoric acid groups is 4. The largest absolute Gasteiger partial charge is 0.490 e. The monoisotopic (exact) mass is 587 g/mol. The van der Waals surface area contributed by atoms with E-state index >= 15 is 0 Å². The number of rotatable bonds is 10. The molecule has 3 rings (SSSR count). The molecule has 1 aliphatic heterocycles. The summed E-state index contributed by atoms with van der Waals surface area (Å²) in [4.78, 5) is 65.8. The summed E-state index contributed by atoms with van der Waals surface area (Å²) in [6, 6.07) is 0.